The number of nitrogens with one attached hydrogen (secondary N) is 1. The summed E-state index contributed by atoms with van der Waals surface area (Å²) >= 11 is 0. The zero-order valence-electron chi connectivity index (χ0n) is 11.9. The van der Waals surface area contributed by atoms with Crippen molar-refractivity contribution in [3.8, 4) is 5.88 Å². The number of rotatable bonds is 10. The van der Waals surface area contributed by atoms with Gasteiger partial charge in [-0.1, -0.05) is 6.92 Å². The minimum absolute atomic E-state index is 0.371. The molecule has 6 heteroatoms. The van der Waals surface area contributed by atoms with E-state index in [0.29, 0.717) is 31.5 Å². The van der Waals surface area contributed by atoms with Crippen LogP contribution in [-0.2, 0) is 16.1 Å². The van der Waals surface area contributed by atoms with Gasteiger partial charge in [-0.25, -0.2) is 4.98 Å². The quantitative estimate of drug-likeness (QED) is 0.654. The van der Waals surface area contributed by atoms with Gasteiger partial charge < -0.3 is 19.5 Å². The van der Waals surface area contributed by atoms with Crippen LogP contribution < -0.4 is 10.1 Å². The summed E-state index contributed by atoms with van der Waals surface area (Å²) in [5.74, 6) is 1.95. The van der Waals surface area contributed by atoms with Crippen LogP contribution in [0.4, 0.5) is 5.82 Å². The summed E-state index contributed by atoms with van der Waals surface area (Å²) < 4.78 is 15.6. The molecule has 0 aliphatic heterocycles. The molecule has 0 saturated heterocycles. The number of ether oxygens (including phenoxy) is 3. The molecule has 0 spiro atoms. The first-order valence-electron chi connectivity index (χ1n) is 6.52. The van der Waals surface area contributed by atoms with Crippen molar-refractivity contribution in [3.63, 3.8) is 0 Å². The Morgan fingerprint density at radius 2 is 2.00 bits per heavy atom. The van der Waals surface area contributed by atoms with Gasteiger partial charge in [-0.05, 0) is 6.42 Å². The average Bonchev–Trinajstić information content (AvgIpc) is 2.42. The SMILES string of the molecule is CCCNc1cc(OCCCOC)nc(COC)n1. The van der Waals surface area contributed by atoms with E-state index >= 15 is 0 Å². The maximum absolute atomic E-state index is 5.59. The van der Waals surface area contributed by atoms with Crippen LogP contribution in [0.2, 0.25) is 0 Å². The fourth-order valence-electron chi connectivity index (χ4n) is 1.46. The summed E-state index contributed by atoms with van der Waals surface area (Å²) in [6.07, 6.45) is 1.87. The van der Waals surface area contributed by atoms with Gasteiger partial charge in [0.2, 0.25) is 5.88 Å². The summed E-state index contributed by atoms with van der Waals surface area (Å²) in [7, 11) is 3.29. The Balaban J connectivity index is 2.63. The molecule has 1 heterocycles. The van der Waals surface area contributed by atoms with E-state index in [0.717, 1.165) is 25.2 Å². The van der Waals surface area contributed by atoms with Gasteiger partial charge in [-0.3, -0.25) is 0 Å². The maximum atomic E-state index is 5.59. The molecule has 0 amide bonds. The minimum atomic E-state index is 0.371. The average molecular weight is 269 g/mol. The first kappa shape index (κ1) is 15.7. The van der Waals surface area contributed by atoms with Crippen molar-refractivity contribution in [3.05, 3.63) is 11.9 Å². The fourth-order valence-corrected chi connectivity index (χ4v) is 1.46. The van der Waals surface area contributed by atoms with Gasteiger partial charge in [0, 0.05) is 39.9 Å². The molecule has 0 aromatic carbocycles. The molecule has 19 heavy (non-hydrogen) atoms. The highest BCUT2D eigenvalue weighted by molar-refractivity contribution is 5.38. The Kier molecular flexibility index (Phi) is 7.84. The number of methoxy groups -OCH3 is 2. The zero-order chi connectivity index (χ0) is 13.9. The number of aromatic nitrogens is 2. The van der Waals surface area contributed by atoms with E-state index in [1.165, 1.54) is 0 Å². The molecule has 0 fully saturated rings. The summed E-state index contributed by atoms with van der Waals surface area (Å²) in [5.41, 5.74) is 0. The lowest BCUT2D eigenvalue weighted by atomic mass is 10.4. The van der Waals surface area contributed by atoms with E-state index < -0.39 is 0 Å². The molecule has 0 aliphatic rings. The molecular formula is C13H23N3O3. The lowest BCUT2D eigenvalue weighted by Crippen LogP contribution is -2.09. The molecule has 0 bridgehead atoms. The molecule has 1 aromatic heterocycles. The van der Waals surface area contributed by atoms with Crippen molar-refractivity contribution in [1.29, 1.82) is 0 Å². The van der Waals surface area contributed by atoms with E-state index in [-0.39, 0.29) is 0 Å². The maximum Gasteiger partial charge on any atom is 0.218 e. The first-order chi connectivity index (χ1) is 9.30. The third kappa shape index (κ3) is 6.35. The van der Waals surface area contributed by atoms with Crippen LogP contribution in [0.15, 0.2) is 6.07 Å². The van der Waals surface area contributed by atoms with Crippen LogP contribution in [0.5, 0.6) is 5.88 Å². The minimum Gasteiger partial charge on any atom is -0.477 e. The summed E-state index contributed by atoms with van der Waals surface area (Å²) in [4.78, 5) is 8.64. The number of nitrogens with zero attached hydrogens (tertiary/aromatic N) is 2. The Morgan fingerprint density at radius 3 is 2.68 bits per heavy atom. The van der Waals surface area contributed by atoms with Crippen LogP contribution in [0.25, 0.3) is 0 Å². The Bertz CT molecular complexity index is 361. The number of hydrogen-bond acceptors (Lipinski definition) is 6. The Morgan fingerprint density at radius 1 is 1.16 bits per heavy atom. The van der Waals surface area contributed by atoms with Gasteiger partial charge in [-0.15, -0.1) is 0 Å². The van der Waals surface area contributed by atoms with E-state index in [4.69, 9.17) is 14.2 Å². The second kappa shape index (κ2) is 9.52. The van der Waals surface area contributed by atoms with Crippen molar-refractivity contribution in [2.45, 2.75) is 26.4 Å². The van der Waals surface area contributed by atoms with E-state index in [9.17, 15) is 0 Å². The van der Waals surface area contributed by atoms with Gasteiger partial charge in [0.1, 0.15) is 12.4 Å². The molecule has 0 aliphatic carbocycles. The monoisotopic (exact) mass is 269 g/mol. The lowest BCUT2D eigenvalue weighted by Gasteiger charge is -2.10. The van der Waals surface area contributed by atoms with Gasteiger partial charge in [0.25, 0.3) is 0 Å². The van der Waals surface area contributed by atoms with Gasteiger partial charge in [0.05, 0.1) is 6.61 Å². The number of anilines is 1. The van der Waals surface area contributed by atoms with Crippen LogP contribution >= 0.6 is 0 Å². The normalized spacial score (nSPS) is 10.5. The van der Waals surface area contributed by atoms with Crippen LogP contribution in [-0.4, -0.2) is 43.9 Å². The molecule has 0 atom stereocenters. The topological polar surface area (TPSA) is 65.5 Å². The third-order valence-electron chi connectivity index (χ3n) is 2.32. The van der Waals surface area contributed by atoms with Gasteiger partial charge in [-0.2, -0.15) is 4.98 Å². The van der Waals surface area contributed by atoms with E-state index in [1.807, 2.05) is 6.07 Å². The van der Waals surface area contributed by atoms with Crippen molar-refractivity contribution >= 4 is 5.82 Å². The van der Waals surface area contributed by atoms with E-state index in [2.05, 4.69) is 22.2 Å². The second-order valence-corrected chi connectivity index (χ2v) is 4.06. The molecule has 1 rings (SSSR count). The number of hydrogen-bond donors (Lipinski definition) is 1. The van der Waals surface area contributed by atoms with Crippen molar-refractivity contribution in [1.82, 2.24) is 9.97 Å². The zero-order valence-corrected chi connectivity index (χ0v) is 11.9. The molecule has 0 saturated carbocycles. The molecule has 1 aromatic rings. The highest BCUT2D eigenvalue weighted by Crippen LogP contribution is 2.14. The summed E-state index contributed by atoms with van der Waals surface area (Å²) in [6, 6.07) is 1.81. The largest absolute Gasteiger partial charge is 0.477 e. The molecule has 1 N–H and O–H groups in total. The Labute approximate surface area is 114 Å². The lowest BCUT2D eigenvalue weighted by molar-refractivity contribution is 0.167. The molecule has 0 radical (unpaired) electrons. The van der Waals surface area contributed by atoms with Gasteiger partial charge in [0.15, 0.2) is 5.82 Å². The molecule has 0 unspecified atom stereocenters. The smallest absolute Gasteiger partial charge is 0.218 e. The summed E-state index contributed by atoms with van der Waals surface area (Å²) in [5, 5.41) is 3.22. The van der Waals surface area contributed by atoms with Crippen LogP contribution in [0.1, 0.15) is 25.6 Å². The van der Waals surface area contributed by atoms with Gasteiger partial charge >= 0.3 is 0 Å². The van der Waals surface area contributed by atoms with Crippen molar-refractivity contribution in [2.75, 3.05) is 39.3 Å². The predicted molar refractivity (Wildman–Crippen MR) is 73.5 cm³/mol. The van der Waals surface area contributed by atoms with Crippen molar-refractivity contribution in [2.24, 2.45) is 0 Å². The van der Waals surface area contributed by atoms with Crippen LogP contribution in [0.3, 0.4) is 0 Å². The predicted octanol–water partition coefficient (Wildman–Crippen LogP) is 1.86. The van der Waals surface area contributed by atoms with Crippen LogP contribution in [0, 0.1) is 0 Å². The molecule has 108 valence electrons. The highest BCUT2D eigenvalue weighted by atomic mass is 16.5. The molecular weight excluding hydrogens is 246 g/mol. The van der Waals surface area contributed by atoms with E-state index in [1.54, 1.807) is 14.2 Å². The summed E-state index contributed by atoms with van der Waals surface area (Å²) in [6.45, 7) is 4.59. The van der Waals surface area contributed by atoms with Crippen molar-refractivity contribution < 1.29 is 14.2 Å². The highest BCUT2D eigenvalue weighted by Gasteiger charge is 2.05. The standard InChI is InChI=1S/C13H23N3O3/c1-4-6-14-11-9-13(19-8-5-7-17-2)16-12(15-11)10-18-3/h9H,4-8,10H2,1-3H3,(H,14,15,16). The third-order valence-corrected chi connectivity index (χ3v) is 2.32. The molecule has 6 nitrogen and oxygen atoms in total. The second-order valence-electron chi connectivity index (χ2n) is 4.06. The fraction of sp³-hybridized carbons (Fsp3) is 0.692. The first-order valence-corrected chi connectivity index (χ1v) is 6.52. The Hall–Kier alpha value is -1.40.